The van der Waals surface area contributed by atoms with Crippen molar-refractivity contribution in [2.45, 2.75) is 38.0 Å². The zero-order valence-electron chi connectivity index (χ0n) is 15.5. The summed E-state index contributed by atoms with van der Waals surface area (Å²) in [6, 6.07) is 13.6. The van der Waals surface area contributed by atoms with E-state index in [1.807, 2.05) is 38.1 Å². The van der Waals surface area contributed by atoms with Gasteiger partial charge in [0.25, 0.3) is 5.91 Å². The fourth-order valence-electron chi connectivity index (χ4n) is 3.61. The van der Waals surface area contributed by atoms with Crippen LogP contribution in [0, 0.1) is 0 Å². The average Bonchev–Trinajstić information content (AvgIpc) is 2.64. The molecule has 3 N–H and O–H groups in total. The van der Waals surface area contributed by atoms with Gasteiger partial charge in [-0.05, 0) is 38.4 Å². The summed E-state index contributed by atoms with van der Waals surface area (Å²) in [6.45, 7) is 4.44. The molecule has 0 radical (unpaired) electrons. The van der Waals surface area contributed by atoms with Crippen LogP contribution in [0.4, 0.5) is 5.69 Å². The summed E-state index contributed by atoms with van der Waals surface area (Å²) in [5.74, 6) is 1.06. The third-order valence-electron chi connectivity index (χ3n) is 5.10. The van der Waals surface area contributed by atoms with Crippen molar-refractivity contribution < 1.29 is 19.4 Å². The van der Waals surface area contributed by atoms with E-state index in [0.717, 1.165) is 18.5 Å². The monoisotopic (exact) mass is 368 g/mol. The number of ether oxygens (including phenoxy) is 2. The van der Waals surface area contributed by atoms with Crippen LogP contribution in [0.2, 0.25) is 0 Å². The van der Waals surface area contributed by atoms with Crippen molar-refractivity contribution in [3.8, 4) is 11.5 Å². The van der Waals surface area contributed by atoms with Gasteiger partial charge in [-0.15, -0.1) is 0 Å². The maximum absolute atomic E-state index is 11.6. The highest BCUT2D eigenvalue weighted by Crippen LogP contribution is 2.45. The molecule has 27 heavy (non-hydrogen) atoms. The highest BCUT2D eigenvalue weighted by atomic mass is 16.5. The average molecular weight is 368 g/mol. The molecule has 4 rings (SSSR count). The molecule has 2 aromatic rings. The van der Waals surface area contributed by atoms with Crippen LogP contribution in [0.5, 0.6) is 11.5 Å². The number of hydrogen-bond acceptors (Lipinski definition) is 5. The van der Waals surface area contributed by atoms with Gasteiger partial charge >= 0.3 is 0 Å². The van der Waals surface area contributed by atoms with Crippen molar-refractivity contribution >= 4 is 11.6 Å². The number of nitrogens with one attached hydrogen (secondary N) is 2. The molecule has 6 heteroatoms. The standard InChI is InChI=1S/C21H24N2O4/c1-21(2)20(25)19(22-9-8-13-6-4-3-5-7-13)14-10-17-15(11-16(14)27-21)23-18(24)12-26-17/h3-7,10-11,19-20,22,25H,8-9,12H2,1-2H3,(H,23,24). The third kappa shape index (κ3) is 3.50. The summed E-state index contributed by atoms with van der Waals surface area (Å²) in [4.78, 5) is 11.6. The molecule has 6 nitrogen and oxygen atoms in total. The van der Waals surface area contributed by atoms with Crippen LogP contribution in [-0.4, -0.2) is 35.9 Å². The van der Waals surface area contributed by atoms with Crippen molar-refractivity contribution in [2.75, 3.05) is 18.5 Å². The van der Waals surface area contributed by atoms with Crippen molar-refractivity contribution in [1.29, 1.82) is 0 Å². The number of fused-ring (bicyclic) bond motifs is 2. The predicted octanol–water partition coefficient (Wildman–Crippen LogP) is 2.42. The fourth-order valence-corrected chi connectivity index (χ4v) is 3.61. The second-order valence-corrected chi connectivity index (χ2v) is 7.54. The maximum atomic E-state index is 11.6. The molecule has 0 bridgehead atoms. The Morgan fingerprint density at radius 2 is 2.00 bits per heavy atom. The molecule has 2 atom stereocenters. The molecule has 0 spiro atoms. The van der Waals surface area contributed by atoms with E-state index in [4.69, 9.17) is 9.47 Å². The number of anilines is 1. The van der Waals surface area contributed by atoms with Crippen molar-refractivity contribution in [3.05, 3.63) is 53.6 Å². The quantitative estimate of drug-likeness (QED) is 0.772. The predicted molar refractivity (Wildman–Crippen MR) is 102 cm³/mol. The summed E-state index contributed by atoms with van der Waals surface area (Å²) >= 11 is 0. The lowest BCUT2D eigenvalue weighted by Crippen LogP contribution is -2.52. The van der Waals surface area contributed by atoms with Crippen LogP contribution in [-0.2, 0) is 11.2 Å². The minimum Gasteiger partial charge on any atom is -0.485 e. The van der Waals surface area contributed by atoms with Crippen molar-refractivity contribution in [1.82, 2.24) is 5.32 Å². The highest BCUT2D eigenvalue weighted by Gasteiger charge is 2.43. The Labute approximate surface area is 158 Å². The van der Waals surface area contributed by atoms with Crippen LogP contribution in [0.25, 0.3) is 0 Å². The molecule has 1 amide bonds. The fraction of sp³-hybridized carbons (Fsp3) is 0.381. The molecule has 142 valence electrons. The molecule has 0 fully saturated rings. The van der Waals surface area contributed by atoms with Gasteiger partial charge in [0.15, 0.2) is 6.61 Å². The van der Waals surface area contributed by atoms with Gasteiger partial charge in [-0.25, -0.2) is 0 Å². The van der Waals surface area contributed by atoms with Crippen LogP contribution >= 0.6 is 0 Å². The number of amides is 1. The lowest BCUT2D eigenvalue weighted by molar-refractivity contribution is -0.118. The van der Waals surface area contributed by atoms with E-state index < -0.39 is 11.7 Å². The Balaban J connectivity index is 1.60. The molecule has 0 saturated carbocycles. The SMILES string of the molecule is CC1(C)Oc2cc3c(cc2C(NCCc2ccccc2)C1O)OCC(=O)N3. The summed E-state index contributed by atoms with van der Waals surface area (Å²) in [5, 5.41) is 17.2. The summed E-state index contributed by atoms with van der Waals surface area (Å²) in [6.07, 6.45) is 0.134. The first-order valence-electron chi connectivity index (χ1n) is 9.19. The summed E-state index contributed by atoms with van der Waals surface area (Å²) < 4.78 is 11.6. The molecule has 2 aliphatic rings. The van der Waals surface area contributed by atoms with E-state index in [1.54, 1.807) is 6.07 Å². The van der Waals surface area contributed by atoms with Crippen molar-refractivity contribution in [3.63, 3.8) is 0 Å². The second kappa shape index (κ2) is 6.87. The normalized spacial score (nSPS) is 22.7. The Morgan fingerprint density at radius 3 is 2.78 bits per heavy atom. The lowest BCUT2D eigenvalue weighted by atomic mass is 9.86. The second-order valence-electron chi connectivity index (χ2n) is 7.54. The lowest BCUT2D eigenvalue weighted by Gasteiger charge is -2.43. The number of carbonyl (C=O) groups is 1. The zero-order chi connectivity index (χ0) is 19.0. The molecule has 0 saturated heterocycles. The van der Waals surface area contributed by atoms with Crippen LogP contribution in [0.1, 0.15) is 31.0 Å². The van der Waals surface area contributed by atoms with Gasteiger partial charge in [0, 0.05) is 11.6 Å². The van der Waals surface area contributed by atoms with Gasteiger partial charge in [-0.2, -0.15) is 0 Å². The van der Waals surface area contributed by atoms with E-state index in [0.29, 0.717) is 17.2 Å². The Hall–Kier alpha value is -2.57. The van der Waals surface area contributed by atoms with E-state index in [9.17, 15) is 9.90 Å². The van der Waals surface area contributed by atoms with Gasteiger partial charge in [-0.3, -0.25) is 4.79 Å². The first kappa shape index (κ1) is 17.8. The number of aliphatic hydroxyl groups excluding tert-OH is 1. The van der Waals surface area contributed by atoms with Gasteiger partial charge < -0.3 is 25.2 Å². The van der Waals surface area contributed by atoms with Crippen molar-refractivity contribution in [2.24, 2.45) is 0 Å². The highest BCUT2D eigenvalue weighted by molar-refractivity contribution is 5.95. The Kier molecular flexibility index (Phi) is 4.53. The Morgan fingerprint density at radius 1 is 1.22 bits per heavy atom. The third-order valence-corrected chi connectivity index (χ3v) is 5.10. The van der Waals surface area contributed by atoms with E-state index in [-0.39, 0.29) is 18.6 Å². The van der Waals surface area contributed by atoms with E-state index >= 15 is 0 Å². The molecule has 2 aromatic carbocycles. The topological polar surface area (TPSA) is 79.8 Å². The van der Waals surface area contributed by atoms with Gasteiger partial charge in [0.2, 0.25) is 0 Å². The maximum Gasteiger partial charge on any atom is 0.262 e. The molecule has 2 heterocycles. The zero-order valence-corrected chi connectivity index (χ0v) is 15.5. The van der Waals surface area contributed by atoms with Gasteiger partial charge in [0.05, 0.1) is 11.7 Å². The minimum atomic E-state index is -0.759. The van der Waals surface area contributed by atoms with Crippen LogP contribution in [0.3, 0.4) is 0 Å². The van der Waals surface area contributed by atoms with Crippen LogP contribution < -0.4 is 20.1 Å². The number of aliphatic hydroxyl groups is 1. The molecule has 0 aromatic heterocycles. The first-order valence-corrected chi connectivity index (χ1v) is 9.19. The number of benzene rings is 2. The van der Waals surface area contributed by atoms with E-state index in [1.165, 1.54) is 5.56 Å². The smallest absolute Gasteiger partial charge is 0.262 e. The van der Waals surface area contributed by atoms with Gasteiger partial charge in [-0.1, -0.05) is 30.3 Å². The number of carbonyl (C=O) groups excluding carboxylic acids is 1. The summed E-state index contributed by atoms with van der Waals surface area (Å²) in [5.41, 5.74) is 1.91. The number of hydrogen-bond donors (Lipinski definition) is 3. The first-order chi connectivity index (χ1) is 12.9. The summed E-state index contributed by atoms with van der Waals surface area (Å²) in [7, 11) is 0. The Bertz CT molecular complexity index is 851. The molecular formula is C21H24N2O4. The van der Waals surface area contributed by atoms with Gasteiger partial charge in [0.1, 0.15) is 23.2 Å². The van der Waals surface area contributed by atoms with E-state index in [2.05, 4.69) is 22.8 Å². The van der Waals surface area contributed by atoms with Crippen LogP contribution in [0.15, 0.2) is 42.5 Å². The molecule has 0 aliphatic carbocycles. The molecular weight excluding hydrogens is 344 g/mol. The number of rotatable bonds is 4. The minimum absolute atomic E-state index is 0.00715. The molecule has 2 aliphatic heterocycles. The molecule has 2 unspecified atom stereocenters. The largest absolute Gasteiger partial charge is 0.485 e.